The van der Waals surface area contributed by atoms with Gasteiger partial charge in [0.05, 0.1) is 22.6 Å². The molecule has 8 nitrogen and oxygen atoms in total. The van der Waals surface area contributed by atoms with Crippen molar-refractivity contribution in [1.82, 2.24) is 14.7 Å². The zero-order valence-electron chi connectivity index (χ0n) is 12.2. The lowest BCUT2D eigenvalue weighted by molar-refractivity contribution is -0.120. The minimum absolute atomic E-state index is 0.00980. The Kier molecular flexibility index (Phi) is 5.61. The largest absolute Gasteiger partial charge is 0.319 e. The number of nitriles is 1. The Labute approximate surface area is 146 Å². The third-order valence-corrected chi connectivity index (χ3v) is 4.69. The molecule has 1 aromatic heterocycles. The molecule has 24 heavy (non-hydrogen) atoms. The fourth-order valence-corrected chi connectivity index (χ4v) is 3.52. The summed E-state index contributed by atoms with van der Waals surface area (Å²) in [4.78, 5) is 19.7. The van der Waals surface area contributed by atoms with Gasteiger partial charge in [0.2, 0.25) is 0 Å². The molecule has 0 aliphatic carbocycles. The molecule has 0 bridgehead atoms. The van der Waals surface area contributed by atoms with Gasteiger partial charge in [-0.3, -0.25) is 4.79 Å². The van der Waals surface area contributed by atoms with Crippen molar-refractivity contribution in [3.63, 3.8) is 0 Å². The Hall–Kier alpha value is -2.35. The molecule has 10 heteroatoms. The monoisotopic (exact) mass is 409 g/mol. The molecule has 2 rings (SSSR count). The summed E-state index contributed by atoms with van der Waals surface area (Å²) in [6.45, 7) is 0. The van der Waals surface area contributed by atoms with E-state index in [9.17, 15) is 13.2 Å². The van der Waals surface area contributed by atoms with Gasteiger partial charge in [0.15, 0.2) is 0 Å². The van der Waals surface area contributed by atoms with Crippen LogP contribution in [0.1, 0.15) is 11.4 Å². The zero-order valence-corrected chi connectivity index (χ0v) is 14.6. The third-order valence-electron chi connectivity index (χ3n) is 2.90. The van der Waals surface area contributed by atoms with E-state index >= 15 is 0 Å². The van der Waals surface area contributed by atoms with E-state index in [4.69, 9.17) is 11.0 Å². The topological polar surface area (TPSA) is 139 Å². The number of nitrogens with one attached hydrogen (secondary N) is 1. The van der Waals surface area contributed by atoms with Crippen LogP contribution in [0.5, 0.6) is 0 Å². The first-order chi connectivity index (χ1) is 11.3. The lowest BCUT2D eigenvalue weighted by Crippen LogP contribution is -2.44. The lowest BCUT2D eigenvalue weighted by atomic mass is 10.2. The summed E-state index contributed by atoms with van der Waals surface area (Å²) < 4.78 is 26.8. The summed E-state index contributed by atoms with van der Waals surface area (Å²) in [7, 11) is -4.15. The fourth-order valence-electron chi connectivity index (χ4n) is 1.77. The summed E-state index contributed by atoms with van der Waals surface area (Å²) >= 11 is 3.12. The molecule has 0 fully saturated rings. The first-order valence-corrected chi connectivity index (χ1v) is 8.88. The summed E-state index contributed by atoms with van der Waals surface area (Å²) in [6.07, 6.45) is 2.98. The van der Waals surface area contributed by atoms with Crippen LogP contribution in [0, 0.1) is 11.3 Å². The van der Waals surface area contributed by atoms with Crippen LogP contribution >= 0.6 is 15.9 Å². The predicted molar refractivity (Wildman–Crippen MR) is 87.9 cm³/mol. The number of halogens is 1. The van der Waals surface area contributed by atoms with Gasteiger partial charge in [-0.2, -0.15) is 5.26 Å². The number of benzene rings is 1. The molecule has 0 saturated carbocycles. The Bertz CT molecular complexity index is 896. The number of aromatic nitrogens is 2. The van der Waals surface area contributed by atoms with Crippen molar-refractivity contribution in [2.75, 3.05) is 0 Å². The number of nitrogens with zero attached hydrogens (tertiary/aromatic N) is 3. The van der Waals surface area contributed by atoms with Gasteiger partial charge in [-0.05, 0) is 24.3 Å². The van der Waals surface area contributed by atoms with Crippen LogP contribution in [0.3, 0.4) is 0 Å². The van der Waals surface area contributed by atoms with Crippen LogP contribution in [0.15, 0.2) is 46.0 Å². The molecule has 0 aliphatic heterocycles. The van der Waals surface area contributed by atoms with Crippen molar-refractivity contribution in [3.8, 4) is 6.07 Å². The van der Waals surface area contributed by atoms with Gasteiger partial charge in [-0.1, -0.05) is 15.9 Å². The Morgan fingerprint density at radius 3 is 2.62 bits per heavy atom. The molecule has 2 aromatic rings. The first kappa shape index (κ1) is 18.0. The van der Waals surface area contributed by atoms with Crippen molar-refractivity contribution in [1.29, 1.82) is 5.26 Å². The fraction of sp³-hybridized carbons (Fsp3) is 0.143. The number of carbonyl (C=O) groups excluding carboxylic acids is 1. The maximum Gasteiger partial charge on any atom is 0.264 e. The van der Waals surface area contributed by atoms with Crippen molar-refractivity contribution < 1.29 is 13.2 Å². The van der Waals surface area contributed by atoms with E-state index in [1.54, 1.807) is 6.07 Å². The highest BCUT2D eigenvalue weighted by atomic mass is 79.9. The van der Waals surface area contributed by atoms with Crippen LogP contribution < -0.4 is 10.5 Å². The second kappa shape index (κ2) is 7.48. The van der Waals surface area contributed by atoms with Crippen molar-refractivity contribution in [2.45, 2.75) is 17.4 Å². The van der Waals surface area contributed by atoms with Crippen LogP contribution in [-0.2, 0) is 21.2 Å². The molecule has 3 N–H and O–H groups in total. The third kappa shape index (κ3) is 4.58. The molecule has 0 spiro atoms. The van der Waals surface area contributed by atoms with E-state index in [2.05, 4.69) is 25.9 Å². The average Bonchev–Trinajstić information content (AvgIpc) is 2.54. The molecule has 1 amide bonds. The second-order valence-corrected chi connectivity index (χ2v) is 7.33. The summed E-state index contributed by atoms with van der Waals surface area (Å²) in [5.41, 5.74) is 5.84. The second-order valence-electron chi connectivity index (χ2n) is 4.73. The zero-order chi connectivity index (χ0) is 17.7. The van der Waals surface area contributed by atoms with E-state index in [0.717, 1.165) is 6.07 Å². The highest BCUT2D eigenvalue weighted by molar-refractivity contribution is 9.10. The van der Waals surface area contributed by atoms with E-state index in [0.29, 0.717) is 10.3 Å². The minimum Gasteiger partial charge on any atom is -0.319 e. The number of amides is 1. The highest BCUT2D eigenvalue weighted by Gasteiger charge is 2.23. The summed E-state index contributed by atoms with van der Waals surface area (Å²) in [6, 6.07) is 6.21. The van der Waals surface area contributed by atoms with Gasteiger partial charge >= 0.3 is 0 Å². The number of hydrogen-bond acceptors (Lipinski definition) is 7. The molecule has 1 heterocycles. The van der Waals surface area contributed by atoms with Crippen LogP contribution in [0.4, 0.5) is 0 Å². The minimum atomic E-state index is -4.15. The number of rotatable bonds is 5. The van der Waals surface area contributed by atoms with E-state index < -0.39 is 22.0 Å². The van der Waals surface area contributed by atoms with Crippen molar-refractivity contribution in [2.24, 2.45) is 5.73 Å². The molecule has 0 saturated heterocycles. The molecular weight excluding hydrogens is 398 g/mol. The lowest BCUT2D eigenvalue weighted by Gasteiger charge is -2.12. The highest BCUT2D eigenvalue weighted by Crippen LogP contribution is 2.19. The smallest absolute Gasteiger partial charge is 0.264 e. The van der Waals surface area contributed by atoms with Gasteiger partial charge in [0.1, 0.15) is 5.82 Å². The SMILES string of the molecule is N#Cc1cc(Br)cc(S(=O)(=O)NC(=O)C(N)Cc2ncccn2)c1. The van der Waals surface area contributed by atoms with Gasteiger partial charge in [-0.25, -0.2) is 23.1 Å². The average molecular weight is 410 g/mol. The van der Waals surface area contributed by atoms with Gasteiger partial charge in [-0.15, -0.1) is 0 Å². The van der Waals surface area contributed by atoms with Gasteiger partial charge in [0, 0.05) is 23.3 Å². The van der Waals surface area contributed by atoms with Crippen molar-refractivity contribution in [3.05, 3.63) is 52.5 Å². The standard InChI is InChI=1S/C14H12BrN5O3S/c15-10-4-9(8-16)5-11(6-10)24(22,23)20-14(21)12(17)7-13-18-2-1-3-19-13/h1-6,12H,7,17H2,(H,20,21). The maximum absolute atomic E-state index is 12.3. The number of sulfonamides is 1. The number of nitrogens with two attached hydrogens (primary N) is 1. The normalized spacial score (nSPS) is 12.2. The predicted octanol–water partition coefficient (Wildman–Crippen LogP) is 0.486. The van der Waals surface area contributed by atoms with E-state index in [1.807, 2.05) is 10.8 Å². The van der Waals surface area contributed by atoms with Gasteiger partial charge in [0.25, 0.3) is 15.9 Å². The molecule has 124 valence electrons. The quantitative estimate of drug-likeness (QED) is 0.731. The Morgan fingerprint density at radius 1 is 1.33 bits per heavy atom. The van der Waals surface area contributed by atoms with Crippen molar-refractivity contribution >= 4 is 31.9 Å². The Balaban J connectivity index is 2.15. The summed E-state index contributed by atoms with van der Waals surface area (Å²) in [5, 5.41) is 8.90. The van der Waals surface area contributed by atoms with Crippen LogP contribution in [0.2, 0.25) is 0 Å². The van der Waals surface area contributed by atoms with E-state index in [-0.39, 0.29) is 16.9 Å². The molecule has 1 unspecified atom stereocenters. The van der Waals surface area contributed by atoms with Crippen LogP contribution in [0.25, 0.3) is 0 Å². The molecule has 0 aliphatic rings. The molecule has 0 radical (unpaired) electrons. The Morgan fingerprint density at radius 2 is 2.00 bits per heavy atom. The molecular formula is C14H12BrN5O3S. The summed E-state index contributed by atoms with van der Waals surface area (Å²) in [5.74, 6) is -0.562. The van der Waals surface area contributed by atoms with Gasteiger partial charge < -0.3 is 5.73 Å². The molecule has 1 atom stereocenters. The first-order valence-electron chi connectivity index (χ1n) is 6.60. The molecule has 1 aromatic carbocycles. The van der Waals surface area contributed by atoms with Crippen LogP contribution in [-0.4, -0.2) is 30.3 Å². The maximum atomic E-state index is 12.3. The van der Waals surface area contributed by atoms with E-state index in [1.165, 1.54) is 24.5 Å². The number of hydrogen-bond donors (Lipinski definition) is 2. The number of carbonyl (C=O) groups is 1.